The SMILES string of the molecule is CCCC(C)=C(C)c1ccc(-c2cc(OC)c(Cl)c(OC)c2)o1. The highest BCUT2D eigenvalue weighted by molar-refractivity contribution is 6.33. The van der Waals surface area contributed by atoms with Gasteiger partial charge >= 0.3 is 0 Å². The molecule has 1 aromatic carbocycles. The lowest BCUT2D eigenvalue weighted by Crippen LogP contribution is -1.90. The average molecular weight is 335 g/mol. The van der Waals surface area contributed by atoms with E-state index in [0.717, 1.165) is 29.9 Å². The standard InChI is InChI=1S/C19H23ClO3/c1-6-7-12(2)13(3)15-8-9-16(23-15)14-10-17(21-4)19(20)18(11-14)22-5/h8-11H,6-7H2,1-5H3. The Balaban J connectivity index is 2.43. The van der Waals surface area contributed by atoms with Gasteiger partial charge in [-0.2, -0.15) is 0 Å². The normalized spacial score (nSPS) is 12.1. The van der Waals surface area contributed by atoms with Crippen molar-refractivity contribution in [1.29, 1.82) is 0 Å². The van der Waals surface area contributed by atoms with Crippen LogP contribution in [0, 0.1) is 0 Å². The number of hydrogen-bond acceptors (Lipinski definition) is 3. The highest BCUT2D eigenvalue weighted by Crippen LogP contribution is 2.39. The predicted octanol–water partition coefficient (Wildman–Crippen LogP) is 6.21. The van der Waals surface area contributed by atoms with Crippen LogP contribution in [-0.2, 0) is 0 Å². The number of methoxy groups -OCH3 is 2. The van der Waals surface area contributed by atoms with Crippen LogP contribution in [-0.4, -0.2) is 14.2 Å². The molecular weight excluding hydrogens is 312 g/mol. The zero-order chi connectivity index (χ0) is 17.0. The third kappa shape index (κ3) is 3.73. The van der Waals surface area contributed by atoms with Crippen molar-refractivity contribution in [2.24, 2.45) is 0 Å². The number of furan rings is 1. The molecule has 2 aromatic rings. The zero-order valence-corrected chi connectivity index (χ0v) is 15.1. The minimum absolute atomic E-state index is 0.459. The van der Waals surface area contributed by atoms with Crippen LogP contribution in [0.15, 0.2) is 34.3 Å². The maximum absolute atomic E-state index is 6.21. The fourth-order valence-electron chi connectivity index (χ4n) is 2.48. The van der Waals surface area contributed by atoms with Gasteiger partial charge < -0.3 is 13.9 Å². The van der Waals surface area contributed by atoms with Crippen LogP contribution in [0.4, 0.5) is 0 Å². The summed E-state index contributed by atoms with van der Waals surface area (Å²) in [6.45, 7) is 6.42. The maximum atomic E-state index is 6.21. The van der Waals surface area contributed by atoms with E-state index in [0.29, 0.717) is 16.5 Å². The van der Waals surface area contributed by atoms with Crippen LogP contribution in [0.1, 0.15) is 39.4 Å². The van der Waals surface area contributed by atoms with Crippen molar-refractivity contribution < 1.29 is 13.9 Å². The van der Waals surface area contributed by atoms with Gasteiger partial charge in [0, 0.05) is 5.56 Å². The lowest BCUT2D eigenvalue weighted by Gasteiger charge is -2.10. The molecule has 0 unspecified atom stereocenters. The molecule has 0 fully saturated rings. The molecule has 0 amide bonds. The summed E-state index contributed by atoms with van der Waals surface area (Å²) >= 11 is 6.21. The van der Waals surface area contributed by atoms with Gasteiger partial charge in [0.25, 0.3) is 0 Å². The molecule has 0 aliphatic carbocycles. The first-order valence-corrected chi connectivity index (χ1v) is 8.08. The van der Waals surface area contributed by atoms with Crippen molar-refractivity contribution in [3.05, 3.63) is 40.6 Å². The highest BCUT2D eigenvalue weighted by Gasteiger charge is 2.14. The summed E-state index contributed by atoms with van der Waals surface area (Å²) in [6.07, 6.45) is 2.20. The van der Waals surface area contributed by atoms with Gasteiger partial charge in [-0.25, -0.2) is 0 Å². The van der Waals surface area contributed by atoms with Crippen LogP contribution >= 0.6 is 11.6 Å². The van der Waals surface area contributed by atoms with Gasteiger partial charge in [0.1, 0.15) is 28.0 Å². The Bertz CT molecular complexity index is 688. The number of ether oxygens (including phenoxy) is 2. The molecule has 0 saturated carbocycles. The van der Waals surface area contributed by atoms with E-state index in [4.69, 9.17) is 25.5 Å². The molecule has 3 nitrogen and oxygen atoms in total. The van der Waals surface area contributed by atoms with Gasteiger partial charge in [0.2, 0.25) is 0 Å². The molecule has 1 heterocycles. The van der Waals surface area contributed by atoms with Crippen molar-refractivity contribution in [3.63, 3.8) is 0 Å². The van der Waals surface area contributed by atoms with Gasteiger partial charge in [-0.1, -0.05) is 30.5 Å². The van der Waals surface area contributed by atoms with Crippen LogP contribution in [0.2, 0.25) is 5.02 Å². The number of benzene rings is 1. The van der Waals surface area contributed by atoms with E-state index in [-0.39, 0.29) is 0 Å². The largest absolute Gasteiger partial charge is 0.495 e. The number of hydrogen-bond donors (Lipinski definition) is 0. The Morgan fingerprint density at radius 2 is 1.70 bits per heavy atom. The van der Waals surface area contributed by atoms with Gasteiger partial charge in [-0.05, 0) is 50.1 Å². The molecule has 2 rings (SSSR count). The van der Waals surface area contributed by atoms with Gasteiger partial charge in [-0.15, -0.1) is 0 Å². The van der Waals surface area contributed by atoms with E-state index in [1.165, 1.54) is 11.1 Å². The summed E-state index contributed by atoms with van der Waals surface area (Å²) in [6, 6.07) is 7.66. The van der Waals surface area contributed by atoms with Crippen molar-refractivity contribution in [3.8, 4) is 22.8 Å². The lowest BCUT2D eigenvalue weighted by molar-refractivity contribution is 0.395. The summed E-state index contributed by atoms with van der Waals surface area (Å²) in [5.41, 5.74) is 3.40. The molecule has 23 heavy (non-hydrogen) atoms. The quantitative estimate of drug-likeness (QED) is 0.629. The Morgan fingerprint density at radius 1 is 1.09 bits per heavy atom. The molecule has 124 valence electrons. The average Bonchev–Trinajstić information content (AvgIpc) is 3.04. The van der Waals surface area contributed by atoms with Gasteiger partial charge in [0.05, 0.1) is 14.2 Å². The lowest BCUT2D eigenvalue weighted by atomic mass is 10.1. The second-order valence-electron chi connectivity index (χ2n) is 5.51. The van der Waals surface area contributed by atoms with E-state index in [1.54, 1.807) is 14.2 Å². The second-order valence-corrected chi connectivity index (χ2v) is 5.89. The first-order valence-electron chi connectivity index (χ1n) is 7.70. The molecular formula is C19H23ClO3. The molecule has 0 radical (unpaired) electrons. The van der Waals surface area contributed by atoms with Gasteiger partial charge in [0.15, 0.2) is 0 Å². The molecule has 0 saturated heterocycles. The van der Waals surface area contributed by atoms with Crippen molar-refractivity contribution >= 4 is 17.2 Å². The highest BCUT2D eigenvalue weighted by atomic mass is 35.5. The fraction of sp³-hybridized carbons (Fsp3) is 0.368. The summed E-state index contributed by atoms with van der Waals surface area (Å²) in [7, 11) is 3.16. The first-order chi connectivity index (χ1) is 11.0. The number of rotatable bonds is 6. The Kier molecular flexibility index (Phi) is 5.78. The van der Waals surface area contributed by atoms with Gasteiger partial charge in [-0.3, -0.25) is 0 Å². The molecule has 0 aliphatic heterocycles. The van der Waals surface area contributed by atoms with Crippen molar-refractivity contribution in [2.75, 3.05) is 14.2 Å². The predicted molar refractivity (Wildman–Crippen MR) is 95.4 cm³/mol. The van der Waals surface area contributed by atoms with E-state index in [2.05, 4.69) is 20.8 Å². The van der Waals surface area contributed by atoms with E-state index in [1.807, 2.05) is 24.3 Å². The number of halogens is 1. The van der Waals surface area contributed by atoms with Crippen molar-refractivity contribution in [2.45, 2.75) is 33.6 Å². The Morgan fingerprint density at radius 3 is 2.22 bits per heavy atom. The van der Waals surface area contributed by atoms with Crippen LogP contribution < -0.4 is 9.47 Å². The van der Waals surface area contributed by atoms with Crippen LogP contribution in [0.25, 0.3) is 16.9 Å². The topological polar surface area (TPSA) is 31.6 Å². The molecule has 0 aliphatic rings. The first kappa shape index (κ1) is 17.5. The third-order valence-corrected chi connectivity index (χ3v) is 4.34. The molecule has 0 atom stereocenters. The smallest absolute Gasteiger partial charge is 0.141 e. The zero-order valence-electron chi connectivity index (χ0n) is 14.3. The van der Waals surface area contributed by atoms with E-state index < -0.39 is 0 Å². The minimum Gasteiger partial charge on any atom is -0.495 e. The summed E-state index contributed by atoms with van der Waals surface area (Å²) < 4.78 is 16.6. The van der Waals surface area contributed by atoms with Crippen LogP contribution in [0.5, 0.6) is 11.5 Å². The van der Waals surface area contributed by atoms with E-state index in [9.17, 15) is 0 Å². The molecule has 0 spiro atoms. The van der Waals surface area contributed by atoms with Crippen LogP contribution in [0.3, 0.4) is 0 Å². The summed E-state index contributed by atoms with van der Waals surface area (Å²) in [4.78, 5) is 0. The maximum Gasteiger partial charge on any atom is 0.141 e. The minimum atomic E-state index is 0.459. The molecule has 4 heteroatoms. The van der Waals surface area contributed by atoms with Crippen molar-refractivity contribution in [1.82, 2.24) is 0 Å². The Hall–Kier alpha value is -1.87. The number of allylic oxidation sites excluding steroid dienone is 2. The molecule has 0 N–H and O–H groups in total. The fourth-order valence-corrected chi connectivity index (χ4v) is 2.74. The molecule has 0 bridgehead atoms. The summed E-state index contributed by atoms with van der Waals surface area (Å²) in [5, 5.41) is 0.459. The van der Waals surface area contributed by atoms with E-state index >= 15 is 0 Å². The Labute approximate surface area is 142 Å². The second kappa shape index (κ2) is 7.60. The monoisotopic (exact) mass is 334 g/mol. The summed E-state index contributed by atoms with van der Waals surface area (Å²) in [5.74, 6) is 2.78. The molecule has 1 aromatic heterocycles. The third-order valence-electron chi connectivity index (χ3n) is 3.97.